The topological polar surface area (TPSA) is 89.0 Å². The summed E-state index contributed by atoms with van der Waals surface area (Å²) in [5.74, 6) is 5.33. The maximum Gasteiger partial charge on any atom is 0.354 e. The van der Waals surface area contributed by atoms with E-state index in [1.54, 1.807) is 6.07 Å². The average Bonchev–Trinajstić information content (AvgIpc) is 3.43. The van der Waals surface area contributed by atoms with Gasteiger partial charge in [0.25, 0.3) is 8.32 Å². The Bertz CT molecular complexity index is 1820. The van der Waals surface area contributed by atoms with E-state index in [0.717, 1.165) is 22.3 Å². The summed E-state index contributed by atoms with van der Waals surface area (Å²) in [7, 11) is 1.11. The molecule has 50 heavy (non-hydrogen) atoms. The number of aromatic carboxylic acids is 1. The summed E-state index contributed by atoms with van der Waals surface area (Å²) in [4.78, 5) is 19.1. The van der Waals surface area contributed by atoms with Gasteiger partial charge in [-0.05, 0) is 80.5 Å². The van der Waals surface area contributed by atoms with E-state index in [1.807, 2.05) is 80.5 Å². The number of pyridine rings is 1. The summed E-state index contributed by atoms with van der Waals surface area (Å²) in [5, 5.41) is 12.3. The molecule has 0 saturated carbocycles. The van der Waals surface area contributed by atoms with Crippen LogP contribution in [0.1, 0.15) is 81.2 Å². The van der Waals surface area contributed by atoms with E-state index in [0.29, 0.717) is 31.8 Å². The quantitative estimate of drug-likeness (QED) is 0.112. The molecule has 262 valence electrons. The van der Waals surface area contributed by atoms with Crippen molar-refractivity contribution in [3.05, 3.63) is 113 Å². The molecule has 0 fully saturated rings. The van der Waals surface area contributed by atoms with Gasteiger partial charge in [-0.2, -0.15) is 0 Å². The van der Waals surface area contributed by atoms with Gasteiger partial charge in [0.2, 0.25) is 0 Å². The van der Waals surface area contributed by atoms with Gasteiger partial charge in [-0.15, -0.1) is 4.31 Å². The highest BCUT2D eigenvalue weighted by Crippen LogP contribution is 2.46. The van der Waals surface area contributed by atoms with Gasteiger partial charge in [0.05, 0.1) is 24.8 Å². The first-order chi connectivity index (χ1) is 23.6. The Balaban J connectivity index is 1.62. The largest absolute Gasteiger partial charge is 0.597 e. The molecule has 5 rings (SSSR count). The fourth-order valence-electron chi connectivity index (χ4n) is 6.81. The predicted octanol–water partition coefficient (Wildman–Crippen LogP) is 6.65. The number of nitrogens with zero attached hydrogens (tertiary/aromatic N) is 3. The molecule has 0 amide bonds. The molecule has 9 heteroatoms. The molecular weight excluding hydrogens is 659 g/mol. The van der Waals surface area contributed by atoms with Gasteiger partial charge in [0, 0.05) is 34.7 Å². The van der Waals surface area contributed by atoms with Crippen LogP contribution in [0.25, 0.3) is 11.3 Å². The number of rotatable bonds is 10. The molecule has 1 aromatic heterocycles. The van der Waals surface area contributed by atoms with Crippen molar-refractivity contribution in [1.82, 2.24) is 14.2 Å². The minimum Gasteiger partial charge on any atom is -0.597 e. The lowest BCUT2D eigenvalue weighted by atomic mass is 9.95. The van der Waals surface area contributed by atoms with Gasteiger partial charge in [-0.3, -0.25) is 4.90 Å². The van der Waals surface area contributed by atoms with Gasteiger partial charge in [0.15, 0.2) is 0 Å². The second-order valence-electron chi connectivity index (χ2n) is 15.1. The highest BCUT2D eigenvalue weighted by atomic mass is 32.2. The zero-order valence-electron chi connectivity index (χ0n) is 30.5. The van der Waals surface area contributed by atoms with Crippen LogP contribution in [0.5, 0.6) is 0 Å². The molecular formula is C41H49N3O4SSi. The van der Waals surface area contributed by atoms with Crippen molar-refractivity contribution >= 4 is 36.0 Å². The van der Waals surface area contributed by atoms with Crippen molar-refractivity contribution in [2.45, 2.75) is 70.3 Å². The zero-order chi connectivity index (χ0) is 36.3. The number of hydrogen-bond acceptors (Lipinski definition) is 6. The summed E-state index contributed by atoms with van der Waals surface area (Å²) in [6, 6.07) is 30.2. The lowest BCUT2D eigenvalue weighted by Gasteiger charge is -2.43. The number of carboxylic acids is 1. The second kappa shape index (κ2) is 15.2. The summed E-state index contributed by atoms with van der Waals surface area (Å²) < 4.78 is 23.0. The van der Waals surface area contributed by atoms with E-state index < -0.39 is 30.4 Å². The number of hydrogen-bond donors (Lipinski definition) is 1. The minimum absolute atomic E-state index is 0.0338. The molecule has 3 aromatic carbocycles. The van der Waals surface area contributed by atoms with Crippen LogP contribution < -0.4 is 10.4 Å². The molecule has 1 N–H and O–H groups in total. The van der Waals surface area contributed by atoms with Crippen molar-refractivity contribution in [2.75, 3.05) is 27.2 Å². The Morgan fingerprint density at radius 2 is 1.60 bits per heavy atom. The maximum absolute atomic E-state index is 14.2. The second-order valence-corrected chi connectivity index (χ2v) is 21.6. The Labute approximate surface area is 302 Å². The summed E-state index contributed by atoms with van der Waals surface area (Å²) in [6.07, 6.45) is 0.544. The Kier molecular flexibility index (Phi) is 11.4. The van der Waals surface area contributed by atoms with Crippen LogP contribution >= 0.6 is 0 Å². The smallest absolute Gasteiger partial charge is 0.354 e. The molecule has 7 nitrogen and oxygen atoms in total. The third-order valence-electron chi connectivity index (χ3n) is 9.00. The summed E-state index contributed by atoms with van der Waals surface area (Å²) >= 11 is -1.39. The first-order valence-corrected chi connectivity index (χ1v) is 20.1. The third kappa shape index (κ3) is 7.92. The lowest BCUT2D eigenvalue weighted by Crippen LogP contribution is -2.66. The normalized spacial score (nSPS) is 15.8. The number of carbonyl (C=O) groups is 1. The highest BCUT2D eigenvalue weighted by Gasteiger charge is 2.51. The van der Waals surface area contributed by atoms with E-state index in [9.17, 15) is 14.5 Å². The zero-order valence-corrected chi connectivity index (χ0v) is 32.3. The van der Waals surface area contributed by atoms with Gasteiger partial charge >= 0.3 is 5.97 Å². The number of benzene rings is 3. The molecule has 0 saturated heterocycles. The van der Waals surface area contributed by atoms with Crippen LogP contribution in [0, 0.1) is 11.8 Å². The van der Waals surface area contributed by atoms with Gasteiger partial charge < -0.3 is 14.1 Å². The van der Waals surface area contributed by atoms with E-state index in [-0.39, 0.29) is 16.8 Å². The van der Waals surface area contributed by atoms with Crippen molar-refractivity contribution in [2.24, 2.45) is 0 Å². The molecule has 0 radical (unpaired) electrons. The monoisotopic (exact) mass is 707 g/mol. The van der Waals surface area contributed by atoms with Crippen molar-refractivity contribution in [3.63, 3.8) is 0 Å². The number of carboxylic acid groups (broad SMARTS) is 1. The maximum atomic E-state index is 14.2. The molecule has 1 aliphatic rings. The molecule has 0 unspecified atom stereocenters. The Morgan fingerprint density at radius 3 is 2.14 bits per heavy atom. The van der Waals surface area contributed by atoms with Crippen LogP contribution in [-0.2, 0) is 22.3 Å². The first kappa shape index (κ1) is 37.5. The molecule has 0 aliphatic carbocycles. The van der Waals surface area contributed by atoms with Crippen LogP contribution in [0.2, 0.25) is 5.04 Å². The SMILES string of the molecule is CN(C)CC#Cc1cccc(-c2nc(C(=O)O)cc3c2[C@@H](CCO[Si](c2ccccc2)(c2ccccc2)C(C)(C)C)N([S@@+]([O-])C(C)(C)C)C3)c1. The van der Waals surface area contributed by atoms with Crippen LogP contribution in [0.15, 0.2) is 91.0 Å². The van der Waals surface area contributed by atoms with Crippen LogP contribution in [0.3, 0.4) is 0 Å². The third-order valence-corrected chi connectivity index (χ3v) is 15.9. The van der Waals surface area contributed by atoms with Crippen LogP contribution in [-0.4, -0.2) is 70.1 Å². The summed E-state index contributed by atoms with van der Waals surface area (Å²) in [6.45, 7) is 14.1. The van der Waals surface area contributed by atoms with Crippen LogP contribution in [0.4, 0.5) is 0 Å². The lowest BCUT2D eigenvalue weighted by molar-refractivity contribution is 0.0690. The fourth-order valence-corrected chi connectivity index (χ4v) is 12.8. The van der Waals surface area contributed by atoms with Crippen molar-refractivity contribution in [1.29, 1.82) is 0 Å². The van der Waals surface area contributed by atoms with E-state index >= 15 is 0 Å². The standard InChI is InChI=1S/C41H49N3O4SSi/c1-40(2,3)49(47)44-29-32-28-35(39(45)46)42-38(31-19-15-17-30(27-31)18-16-25-43(7)8)37(32)36(44)24-26-48-50(41(4,5)6,33-20-11-9-12-21-33)34-22-13-10-14-23-34/h9-15,17,19-23,27-28,36H,24-26,29H2,1-8H3,(H,45,46)/t36-,49+/m1/s1. The van der Waals surface area contributed by atoms with Gasteiger partial charge in [-0.1, -0.05) is 105 Å². The fraction of sp³-hybridized carbons (Fsp3) is 0.366. The van der Waals surface area contributed by atoms with Crippen molar-refractivity contribution < 1.29 is 18.9 Å². The van der Waals surface area contributed by atoms with E-state index in [1.165, 1.54) is 10.4 Å². The Hall–Kier alpha value is -3.75. The number of fused-ring (bicyclic) bond motifs is 1. The summed E-state index contributed by atoms with van der Waals surface area (Å²) in [5.41, 5.74) is 3.87. The molecule has 0 spiro atoms. The average molecular weight is 708 g/mol. The molecule has 2 heterocycles. The molecule has 0 bridgehead atoms. The van der Waals surface area contributed by atoms with Gasteiger partial charge in [-0.25, -0.2) is 9.78 Å². The number of aromatic nitrogens is 1. The van der Waals surface area contributed by atoms with Gasteiger partial charge in [0.1, 0.15) is 10.4 Å². The molecule has 1 aliphatic heterocycles. The molecule has 4 aromatic rings. The van der Waals surface area contributed by atoms with Crippen molar-refractivity contribution in [3.8, 4) is 23.1 Å². The predicted molar refractivity (Wildman–Crippen MR) is 206 cm³/mol. The van der Waals surface area contributed by atoms with E-state index in [4.69, 9.17) is 9.41 Å². The minimum atomic E-state index is -2.83. The molecule has 2 atom stereocenters. The van der Waals surface area contributed by atoms with E-state index in [2.05, 4.69) is 81.1 Å². The first-order valence-electron chi connectivity index (χ1n) is 17.1. The Morgan fingerprint density at radius 1 is 0.980 bits per heavy atom. The highest BCUT2D eigenvalue weighted by molar-refractivity contribution is 7.90.